The molecule has 0 amide bonds. The third-order valence-corrected chi connectivity index (χ3v) is 9.15. The van der Waals surface area contributed by atoms with Crippen molar-refractivity contribution in [2.24, 2.45) is 16.3 Å². The molecular weight excluding hydrogens is 522 g/mol. The lowest BCUT2D eigenvalue weighted by Crippen LogP contribution is -2.62. The van der Waals surface area contributed by atoms with Gasteiger partial charge in [-0.3, -0.25) is 0 Å². The summed E-state index contributed by atoms with van der Waals surface area (Å²) in [5.74, 6) is 0.626. The number of aliphatic hydroxyl groups is 4. The van der Waals surface area contributed by atoms with Gasteiger partial charge in [-0.05, 0) is 60.9 Å². The van der Waals surface area contributed by atoms with Gasteiger partial charge in [-0.15, -0.1) is 0 Å². The quantitative estimate of drug-likeness (QED) is 0.305. The minimum absolute atomic E-state index is 0.253. The monoisotopic (exact) mass is 569 g/mol. The standard InChI is InChI=1S/C32H47N3O6/c1-20(2)25-15-34-30(41-31-29(39)28(38)27(37)26(16-36)40-31)24(25)14-23-9-8-22(13-21(23)3)7-4-5-12-35-18-32(19-35)10-6-11-33-17-32/h4,7-9,13,20,26-29,31,33,36-39H,5-6,10-12,14-19H2,1-3H3/b7-4+/t26-,27-,28+,29-,31+/m1/s1. The predicted molar refractivity (Wildman–Crippen MR) is 159 cm³/mol. The highest BCUT2D eigenvalue weighted by Crippen LogP contribution is 2.36. The highest BCUT2D eigenvalue weighted by Gasteiger charge is 2.46. The van der Waals surface area contributed by atoms with E-state index in [4.69, 9.17) is 9.47 Å². The molecule has 4 heterocycles. The number of nitrogens with zero attached hydrogens (tertiary/aromatic N) is 2. The summed E-state index contributed by atoms with van der Waals surface area (Å²) in [5, 5.41) is 43.9. The maximum Gasteiger partial charge on any atom is 0.231 e. The molecule has 1 aromatic carbocycles. The van der Waals surface area contributed by atoms with Crippen molar-refractivity contribution in [2.75, 3.05) is 45.9 Å². The van der Waals surface area contributed by atoms with Crippen LogP contribution >= 0.6 is 0 Å². The molecule has 5 rings (SSSR count). The molecule has 3 fully saturated rings. The number of aryl methyl sites for hydroxylation is 1. The molecule has 3 saturated heterocycles. The second-order valence-electron chi connectivity index (χ2n) is 12.6. The van der Waals surface area contributed by atoms with Gasteiger partial charge in [0.25, 0.3) is 0 Å². The average Bonchev–Trinajstić information content (AvgIpc) is 3.34. The van der Waals surface area contributed by atoms with Crippen LogP contribution in [0.3, 0.4) is 0 Å². The van der Waals surface area contributed by atoms with E-state index in [-0.39, 0.29) is 5.92 Å². The van der Waals surface area contributed by atoms with E-state index in [1.165, 1.54) is 50.1 Å². The lowest BCUT2D eigenvalue weighted by Gasteiger charge is -2.52. The second kappa shape index (κ2) is 13.0. The lowest BCUT2D eigenvalue weighted by molar-refractivity contribution is -0.281. The maximum atomic E-state index is 10.5. The SMILES string of the molecule is Cc1cc(/C=C/CCN2CC3(CCCNC3)C2)ccc1CC1=C(C(C)C)CN=C1O[C@@H]1O[C@H](CO)[C@@H](O)[C@H](O)[C@H]1O. The van der Waals surface area contributed by atoms with Crippen LogP contribution in [-0.4, -0.2) is 108 Å². The van der Waals surface area contributed by atoms with Crippen LogP contribution in [0.15, 0.2) is 40.4 Å². The van der Waals surface area contributed by atoms with Crippen LogP contribution < -0.4 is 5.32 Å². The number of nitrogens with one attached hydrogen (secondary N) is 1. The molecule has 0 bridgehead atoms. The van der Waals surface area contributed by atoms with Crippen molar-refractivity contribution in [1.29, 1.82) is 0 Å². The van der Waals surface area contributed by atoms with Gasteiger partial charge in [0.1, 0.15) is 24.4 Å². The van der Waals surface area contributed by atoms with E-state index in [0.29, 0.717) is 24.3 Å². The smallest absolute Gasteiger partial charge is 0.231 e. The average molecular weight is 570 g/mol. The number of piperidine rings is 1. The Bertz CT molecular complexity index is 1150. The van der Waals surface area contributed by atoms with Crippen LogP contribution in [0, 0.1) is 18.3 Å². The third kappa shape index (κ3) is 6.77. The van der Waals surface area contributed by atoms with Crippen LogP contribution in [0.1, 0.15) is 49.8 Å². The molecular formula is C32H47N3O6. The molecule has 41 heavy (non-hydrogen) atoms. The Kier molecular flexibility index (Phi) is 9.65. The molecule has 0 saturated carbocycles. The zero-order valence-electron chi connectivity index (χ0n) is 24.6. The summed E-state index contributed by atoms with van der Waals surface area (Å²) < 4.78 is 11.6. The van der Waals surface area contributed by atoms with Crippen molar-refractivity contribution in [1.82, 2.24) is 10.2 Å². The Labute approximate surface area is 243 Å². The van der Waals surface area contributed by atoms with Crippen molar-refractivity contribution >= 4 is 12.0 Å². The summed E-state index contributed by atoms with van der Waals surface area (Å²) in [5.41, 5.74) is 6.15. The van der Waals surface area contributed by atoms with Gasteiger partial charge in [-0.1, -0.05) is 44.2 Å². The molecule has 9 nitrogen and oxygen atoms in total. The molecule has 0 radical (unpaired) electrons. The summed E-state index contributed by atoms with van der Waals surface area (Å²) in [4.78, 5) is 7.16. The Morgan fingerprint density at radius 1 is 1.20 bits per heavy atom. The van der Waals surface area contributed by atoms with E-state index in [0.717, 1.165) is 29.7 Å². The van der Waals surface area contributed by atoms with Gasteiger partial charge < -0.3 is 40.1 Å². The predicted octanol–water partition coefficient (Wildman–Crippen LogP) is 1.81. The zero-order valence-corrected chi connectivity index (χ0v) is 24.6. The van der Waals surface area contributed by atoms with Crippen LogP contribution in [0.25, 0.3) is 6.08 Å². The number of aliphatic hydroxyl groups excluding tert-OH is 4. The number of benzene rings is 1. The first-order valence-corrected chi connectivity index (χ1v) is 15.1. The maximum absolute atomic E-state index is 10.5. The van der Waals surface area contributed by atoms with Gasteiger partial charge in [0.05, 0.1) is 13.2 Å². The van der Waals surface area contributed by atoms with Gasteiger partial charge in [0, 0.05) is 43.6 Å². The Hall–Kier alpha value is -2.11. The molecule has 1 spiro atoms. The highest BCUT2D eigenvalue weighted by molar-refractivity contribution is 5.97. The van der Waals surface area contributed by atoms with E-state index >= 15 is 0 Å². The summed E-state index contributed by atoms with van der Waals surface area (Å²) in [6.07, 6.45) is 2.13. The number of aliphatic imine (C=N–C) groups is 1. The van der Waals surface area contributed by atoms with Crippen LogP contribution in [0.4, 0.5) is 0 Å². The molecule has 9 heteroatoms. The van der Waals surface area contributed by atoms with E-state index < -0.39 is 37.3 Å². The second-order valence-corrected chi connectivity index (χ2v) is 12.6. The molecule has 1 aromatic rings. The number of hydrogen-bond donors (Lipinski definition) is 5. The summed E-state index contributed by atoms with van der Waals surface area (Å²) in [6, 6.07) is 6.50. The Balaban J connectivity index is 1.19. The first-order chi connectivity index (χ1) is 19.7. The summed E-state index contributed by atoms with van der Waals surface area (Å²) in [6.45, 7) is 12.2. The lowest BCUT2D eigenvalue weighted by atomic mass is 9.74. The zero-order chi connectivity index (χ0) is 29.1. The molecule has 5 N–H and O–H groups in total. The molecule has 226 valence electrons. The largest absolute Gasteiger partial charge is 0.445 e. The number of rotatable bonds is 9. The fourth-order valence-corrected chi connectivity index (χ4v) is 6.64. The highest BCUT2D eigenvalue weighted by atomic mass is 16.7. The minimum atomic E-state index is -1.50. The van der Waals surface area contributed by atoms with E-state index in [1.807, 2.05) is 0 Å². The molecule has 4 aliphatic heterocycles. The first kappa shape index (κ1) is 30.4. The van der Waals surface area contributed by atoms with Crippen molar-refractivity contribution in [3.05, 3.63) is 52.1 Å². The Morgan fingerprint density at radius 3 is 2.68 bits per heavy atom. The van der Waals surface area contributed by atoms with Gasteiger partial charge in [-0.25, -0.2) is 4.99 Å². The molecule has 0 unspecified atom stereocenters. The number of likely N-dealkylation sites (tertiary alicyclic amines) is 1. The third-order valence-electron chi connectivity index (χ3n) is 9.15. The molecule has 5 atom stereocenters. The fourth-order valence-electron chi connectivity index (χ4n) is 6.64. The van der Waals surface area contributed by atoms with Crippen molar-refractivity contribution in [2.45, 2.75) is 77.2 Å². The normalized spacial score (nSPS) is 30.3. The van der Waals surface area contributed by atoms with Gasteiger partial charge >= 0.3 is 0 Å². The van der Waals surface area contributed by atoms with Crippen molar-refractivity contribution < 1.29 is 29.9 Å². The van der Waals surface area contributed by atoms with E-state index in [2.05, 4.69) is 66.3 Å². The van der Waals surface area contributed by atoms with Crippen LogP contribution in [-0.2, 0) is 15.9 Å². The molecule has 0 aliphatic carbocycles. The molecule has 0 aromatic heterocycles. The van der Waals surface area contributed by atoms with Gasteiger partial charge in [0.15, 0.2) is 0 Å². The molecule has 4 aliphatic rings. The van der Waals surface area contributed by atoms with E-state index in [9.17, 15) is 20.4 Å². The summed E-state index contributed by atoms with van der Waals surface area (Å²) >= 11 is 0. The van der Waals surface area contributed by atoms with Crippen molar-refractivity contribution in [3.63, 3.8) is 0 Å². The first-order valence-electron chi connectivity index (χ1n) is 15.1. The van der Waals surface area contributed by atoms with Crippen LogP contribution in [0.5, 0.6) is 0 Å². The van der Waals surface area contributed by atoms with Crippen molar-refractivity contribution in [3.8, 4) is 0 Å². The number of ether oxygens (including phenoxy) is 2. The van der Waals surface area contributed by atoms with Gasteiger partial charge in [0.2, 0.25) is 12.2 Å². The van der Waals surface area contributed by atoms with E-state index in [1.54, 1.807) is 0 Å². The number of hydrogen-bond acceptors (Lipinski definition) is 9. The topological polar surface area (TPSA) is 127 Å². The summed E-state index contributed by atoms with van der Waals surface area (Å²) in [7, 11) is 0. The van der Waals surface area contributed by atoms with Crippen LogP contribution in [0.2, 0.25) is 0 Å². The fraction of sp³-hybridized carbons (Fsp3) is 0.656. The minimum Gasteiger partial charge on any atom is -0.445 e. The van der Waals surface area contributed by atoms with Gasteiger partial charge in [-0.2, -0.15) is 0 Å². The Morgan fingerprint density at radius 2 is 2.00 bits per heavy atom.